The van der Waals surface area contributed by atoms with Crippen molar-refractivity contribution in [2.24, 2.45) is 0 Å². The summed E-state index contributed by atoms with van der Waals surface area (Å²) in [5, 5.41) is 11.9. The third-order valence-electron chi connectivity index (χ3n) is 4.25. The van der Waals surface area contributed by atoms with Crippen LogP contribution < -0.4 is 5.32 Å². The number of anilines is 1. The molecule has 0 aliphatic rings. The molecule has 0 spiro atoms. The van der Waals surface area contributed by atoms with Crippen molar-refractivity contribution < 1.29 is 4.79 Å². The SMILES string of the molecule is Cc1cccc(Cn2nc(C)c(NC(=O)Cn3cc(Br)c(C)n3)c2C)c1. The highest BCUT2D eigenvalue weighted by Crippen LogP contribution is 2.21. The van der Waals surface area contributed by atoms with Crippen LogP contribution in [0.15, 0.2) is 34.9 Å². The Morgan fingerprint density at radius 1 is 1.15 bits per heavy atom. The Bertz CT molecular complexity index is 937. The van der Waals surface area contributed by atoms with Gasteiger partial charge in [-0.05, 0) is 49.2 Å². The zero-order valence-corrected chi connectivity index (χ0v) is 17.0. The van der Waals surface area contributed by atoms with Gasteiger partial charge < -0.3 is 5.32 Å². The Morgan fingerprint density at radius 3 is 2.58 bits per heavy atom. The van der Waals surface area contributed by atoms with Crippen LogP contribution in [0.2, 0.25) is 0 Å². The van der Waals surface area contributed by atoms with E-state index >= 15 is 0 Å². The molecule has 0 saturated carbocycles. The first-order chi connectivity index (χ1) is 12.3. The van der Waals surface area contributed by atoms with Crippen LogP contribution in [-0.4, -0.2) is 25.5 Å². The van der Waals surface area contributed by atoms with Crippen LogP contribution in [0.1, 0.15) is 28.2 Å². The lowest BCUT2D eigenvalue weighted by atomic mass is 10.1. The first-order valence-corrected chi connectivity index (χ1v) is 9.21. The maximum absolute atomic E-state index is 12.4. The molecule has 0 aliphatic heterocycles. The van der Waals surface area contributed by atoms with Gasteiger partial charge in [0.1, 0.15) is 6.54 Å². The molecule has 1 N–H and O–H groups in total. The maximum atomic E-state index is 12.4. The normalized spacial score (nSPS) is 11.0. The number of hydrogen-bond donors (Lipinski definition) is 1. The number of nitrogens with zero attached hydrogens (tertiary/aromatic N) is 4. The van der Waals surface area contributed by atoms with E-state index in [4.69, 9.17) is 0 Å². The van der Waals surface area contributed by atoms with Crippen molar-refractivity contribution in [3.8, 4) is 0 Å². The zero-order chi connectivity index (χ0) is 18.8. The number of rotatable bonds is 5. The average Bonchev–Trinajstić information content (AvgIpc) is 3.01. The second-order valence-corrected chi connectivity index (χ2v) is 7.36. The van der Waals surface area contributed by atoms with Crippen LogP contribution in [0.25, 0.3) is 0 Å². The quantitative estimate of drug-likeness (QED) is 0.689. The summed E-state index contributed by atoms with van der Waals surface area (Å²) in [7, 11) is 0. The second-order valence-electron chi connectivity index (χ2n) is 6.50. The van der Waals surface area contributed by atoms with Crippen LogP contribution >= 0.6 is 15.9 Å². The van der Waals surface area contributed by atoms with E-state index in [1.807, 2.05) is 31.5 Å². The highest BCUT2D eigenvalue weighted by molar-refractivity contribution is 9.10. The van der Waals surface area contributed by atoms with Crippen LogP contribution in [0.5, 0.6) is 0 Å². The van der Waals surface area contributed by atoms with Crippen molar-refractivity contribution in [1.82, 2.24) is 19.6 Å². The molecule has 3 rings (SSSR count). The van der Waals surface area contributed by atoms with Crippen LogP contribution in [0.3, 0.4) is 0 Å². The molecule has 0 unspecified atom stereocenters. The van der Waals surface area contributed by atoms with Gasteiger partial charge >= 0.3 is 0 Å². The summed E-state index contributed by atoms with van der Waals surface area (Å²) in [6.45, 7) is 8.68. The highest BCUT2D eigenvalue weighted by atomic mass is 79.9. The van der Waals surface area contributed by atoms with Crippen LogP contribution in [0.4, 0.5) is 5.69 Å². The molecule has 26 heavy (non-hydrogen) atoms. The Morgan fingerprint density at radius 2 is 1.92 bits per heavy atom. The minimum absolute atomic E-state index is 0.124. The Kier molecular flexibility index (Phi) is 5.27. The number of carbonyl (C=O) groups excluding carboxylic acids is 1. The van der Waals surface area contributed by atoms with Crippen molar-refractivity contribution in [2.75, 3.05) is 5.32 Å². The van der Waals surface area contributed by atoms with Gasteiger partial charge in [-0.3, -0.25) is 14.2 Å². The Hall–Kier alpha value is -2.41. The molecule has 7 heteroatoms. The number of halogens is 1. The summed E-state index contributed by atoms with van der Waals surface area (Å²) in [6, 6.07) is 8.35. The lowest BCUT2D eigenvalue weighted by Gasteiger charge is -2.08. The predicted octanol–water partition coefficient (Wildman–Crippen LogP) is 3.76. The number of nitrogens with one attached hydrogen (secondary N) is 1. The van der Waals surface area contributed by atoms with E-state index in [-0.39, 0.29) is 12.5 Å². The highest BCUT2D eigenvalue weighted by Gasteiger charge is 2.15. The number of aromatic nitrogens is 4. The molecule has 2 heterocycles. The van der Waals surface area contributed by atoms with Crippen LogP contribution in [-0.2, 0) is 17.9 Å². The molecule has 6 nitrogen and oxygen atoms in total. The number of amides is 1. The lowest BCUT2D eigenvalue weighted by Crippen LogP contribution is -2.20. The number of hydrogen-bond acceptors (Lipinski definition) is 3. The number of carbonyl (C=O) groups is 1. The van der Waals surface area contributed by atoms with E-state index in [1.165, 1.54) is 11.1 Å². The number of aryl methyl sites for hydroxylation is 3. The molecule has 0 radical (unpaired) electrons. The summed E-state index contributed by atoms with van der Waals surface area (Å²) in [4.78, 5) is 12.4. The molecule has 0 atom stereocenters. The van der Waals surface area contributed by atoms with Gasteiger partial charge in [0, 0.05) is 6.20 Å². The fourth-order valence-corrected chi connectivity index (χ4v) is 3.23. The monoisotopic (exact) mass is 415 g/mol. The van der Waals surface area contributed by atoms with Crippen molar-refractivity contribution in [1.29, 1.82) is 0 Å². The fourth-order valence-electron chi connectivity index (χ4n) is 2.92. The molecule has 0 fully saturated rings. The zero-order valence-electron chi connectivity index (χ0n) is 15.4. The lowest BCUT2D eigenvalue weighted by molar-refractivity contribution is -0.116. The molecule has 0 aliphatic carbocycles. The summed E-state index contributed by atoms with van der Waals surface area (Å²) in [5.41, 5.74) is 5.78. The van der Waals surface area contributed by atoms with E-state index in [0.29, 0.717) is 6.54 Å². The average molecular weight is 416 g/mol. The Balaban J connectivity index is 1.74. The van der Waals surface area contributed by atoms with Gasteiger partial charge in [0.2, 0.25) is 5.91 Å². The molecule has 136 valence electrons. The van der Waals surface area contributed by atoms with Gasteiger partial charge in [-0.2, -0.15) is 10.2 Å². The molecular weight excluding hydrogens is 394 g/mol. The third kappa shape index (κ3) is 4.04. The first kappa shape index (κ1) is 18.4. The molecule has 1 aromatic carbocycles. The van der Waals surface area contributed by atoms with Gasteiger partial charge in [-0.15, -0.1) is 0 Å². The smallest absolute Gasteiger partial charge is 0.246 e. The van der Waals surface area contributed by atoms with E-state index in [1.54, 1.807) is 10.9 Å². The molecule has 0 saturated heterocycles. The summed E-state index contributed by atoms with van der Waals surface area (Å²) in [5.74, 6) is -0.124. The molecule has 1 amide bonds. The largest absolute Gasteiger partial charge is 0.321 e. The van der Waals surface area contributed by atoms with Crippen LogP contribution in [0, 0.1) is 27.7 Å². The summed E-state index contributed by atoms with van der Waals surface area (Å²) < 4.78 is 4.44. The predicted molar refractivity (Wildman–Crippen MR) is 105 cm³/mol. The van der Waals surface area contributed by atoms with Crippen molar-refractivity contribution >= 4 is 27.5 Å². The van der Waals surface area contributed by atoms with E-state index < -0.39 is 0 Å². The van der Waals surface area contributed by atoms with E-state index in [9.17, 15) is 4.79 Å². The molecular formula is C19H22BrN5O. The van der Waals surface area contributed by atoms with Crippen molar-refractivity contribution in [2.45, 2.75) is 40.8 Å². The van der Waals surface area contributed by atoms with Crippen molar-refractivity contribution in [3.63, 3.8) is 0 Å². The summed E-state index contributed by atoms with van der Waals surface area (Å²) in [6.07, 6.45) is 1.80. The van der Waals surface area contributed by atoms with Gasteiger partial charge in [-0.1, -0.05) is 29.8 Å². The minimum atomic E-state index is -0.124. The van der Waals surface area contributed by atoms with E-state index in [2.05, 4.69) is 56.6 Å². The molecule has 2 aromatic heterocycles. The first-order valence-electron chi connectivity index (χ1n) is 8.42. The van der Waals surface area contributed by atoms with Gasteiger partial charge in [0.15, 0.2) is 0 Å². The van der Waals surface area contributed by atoms with Gasteiger partial charge in [0.25, 0.3) is 0 Å². The standard InChI is InChI=1S/C19H22BrN5O/c1-12-6-5-7-16(8-12)9-25-15(4)19(14(3)23-25)21-18(26)11-24-10-17(20)13(2)22-24/h5-8,10H,9,11H2,1-4H3,(H,21,26). The number of benzene rings is 1. The third-order valence-corrected chi connectivity index (χ3v) is 5.03. The fraction of sp³-hybridized carbons (Fsp3) is 0.316. The van der Waals surface area contributed by atoms with Gasteiger partial charge in [0.05, 0.1) is 33.8 Å². The summed E-state index contributed by atoms with van der Waals surface area (Å²) >= 11 is 3.41. The topological polar surface area (TPSA) is 64.7 Å². The van der Waals surface area contributed by atoms with Crippen molar-refractivity contribution in [3.05, 3.63) is 63.1 Å². The Labute approximate surface area is 161 Å². The maximum Gasteiger partial charge on any atom is 0.246 e. The minimum Gasteiger partial charge on any atom is -0.321 e. The molecule has 3 aromatic rings. The van der Waals surface area contributed by atoms with Gasteiger partial charge in [-0.25, -0.2) is 0 Å². The second kappa shape index (κ2) is 7.45. The van der Waals surface area contributed by atoms with E-state index in [0.717, 1.165) is 27.2 Å². The molecule has 0 bridgehead atoms.